The zero-order valence-electron chi connectivity index (χ0n) is 8.13. The molecule has 0 amide bonds. The Labute approximate surface area is 92.1 Å². The summed E-state index contributed by atoms with van der Waals surface area (Å²) in [5, 5.41) is 9.74. The molecule has 0 aliphatic rings. The summed E-state index contributed by atoms with van der Waals surface area (Å²) in [7, 11) is 0. The van der Waals surface area contributed by atoms with Crippen molar-refractivity contribution in [3.05, 3.63) is 34.1 Å². The van der Waals surface area contributed by atoms with E-state index < -0.39 is 6.10 Å². The summed E-state index contributed by atoms with van der Waals surface area (Å²) < 4.78 is 14.0. The molecule has 1 N–H and O–H groups in total. The zero-order valence-corrected chi connectivity index (χ0v) is 9.72. The highest BCUT2D eigenvalue weighted by Gasteiger charge is 2.15. The quantitative estimate of drug-likeness (QED) is 0.873. The van der Waals surface area contributed by atoms with Crippen LogP contribution in [0, 0.1) is 5.82 Å². The summed E-state index contributed by atoms with van der Waals surface area (Å²) in [5.74, 6) is -0.344. The smallest absolute Gasteiger partial charge is 0.130 e. The van der Waals surface area contributed by atoms with Crippen molar-refractivity contribution >= 4 is 15.9 Å². The van der Waals surface area contributed by atoms with E-state index in [1.807, 2.05) is 6.92 Å². The molecule has 3 heteroatoms. The van der Waals surface area contributed by atoms with E-state index in [2.05, 4.69) is 15.9 Å². The van der Waals surface area contributed by atoms with E-state index >= 15 is 0 Å². The molecular formula is C11H14BrFO. The molecule has 0 fully saturated rings. The third-order valence-corrected chi connectivity index (χ3v) is 2.86. The summed E-state index contributed by atoms with van der Waals surface area (Å²) in [6.07, 6.45) is 1.81. The Balaban J connectivity index is 2.82. The molecule has 0 saturated carbocycles. The summed E-state index contributed by atoms with van der Waals surface area (Å²) in [5.41, 5.74) is 0.376. The minimum Gasteiger partial charge on any atom is -0.388 e. The third-order valence-electron chi connectivity index (χ3n) is 2.16. The second-order valence-electron chi connectivity index (χ2n) is 3.29. The Bertz CT molecular complexity index is 281. The van der Waals surface area contributed by atoms with Gasteiger partial charge >= 0.3 is 0 Å². The van der Waals surface area contributed by atoms with Crippen LogP contribution in [0.2, 0.25) is 0 Å². The predicted octanol–water partition coefficient (Wildman–Crippen LogP) is 3.81. The van der Waals surface area contributed by atoms with Gasteiger partial charge in [0.05, 0.1) is 6.10 Å². The van der Waals surface area contributed by atoms with Crippen molar-refractivity contribution in [2.75, 3.05) is 0 Å². The normalized spacial score (nSPS) is 12.9. The summed E-state index contributed by atoms with van der Waals surface area (Å²) in [4.78, 5) is 0. The van der Waals surface area contributed by atoms with Crippen LogP contribution in [0.3, 0.4) is 0 Å². The predicted molar refractivity (Wildman–Crippen MR) is 58.6 cm³/mol. The highest BCUT2D eigenvalue weighted by Crippen LogP contribution is 2.29. The standard InChI is InChI=1S/C11H14BrFO/c1-2-3-7-10(14)11-8(12)5-4-6-9(11)13/h4-6,10,14H,2-3,7H2,1H3. The molecule has 1 unspecified atom stereocenters. The lowest BCUT2D eigenvalue weighted by Crippen LogP contribution is -2.01. The van der Waals surface area contributed by atoms with Crippen LogP contribution < -0.4 is 0 Å². The fourth-order valence-electron chi connectivity index (χ4n) is 1.37. The van der Waals surface area contributed by atoms with Crippen LogP contribution in [-0.4, -0.2) is 5.11 Å². The molecule has 0 saturated heterocycles. The van der Waals surface area contributed by atoms with Gasteiger partial charge in [-0.3, -0.25) is 0 Å². The van der Waals surface area contributed by atoms with Gasteiger partial charge in [0.1, 0.15) is 5.82 Å². The van der Waals surface area contributed by atoms with Crippen LogP contribution in [0.5, 0.6) is 0 Å². The van der Waals surface area contributed by atoms with Gasteiger partial charge in [0.15, 0.2) is 0 Å². The lowest BCUT2D eigenvalue weighted by molar-refractivity contribution is 0.159. The van der Waals surface area contributed by atoms with E-state index in [0.29, 0.717) is 16.5 Å². The van der Waals surface area contributed by atoms with Gasteiger partial charge in [-0.25, -0.2) is 4.39 Å². The molecule has 0 radical (unpaired) electrons. The van der Waals surface area contributed by atoms with Gasteiger partial charge in [-0.15, -0.1) is 0 Å². The van der Waals surface area contributed by atoms with Crippen molar-refractivity contribution in [2.45, 2.75) is 32.3 Å². The van der Waals surface area contributed by atoms with Crippen molar-refractivity contribution in [2.24, 2.45) is 0 Å². The fraction of sp³-hybridized carbons (Fsp3) is 0.455. The number of aliphatic hydroxyl groups excluding tert-OH is 1. The van der Waals surface area contributed by atoms with Crippen molar-refractivity contribution in [1.29, 1.82) is 0 Å². The number of unbranched alkanes of at least 4 members (excludes halogenated alkanes) is 1. The number of halogens is 2. The van der Waals surface area contributed by atoms with Crippen molar-refractivity contribution in [1.82, 2.24) is 0 Å². The van der Waals surface area contributed by atoms with E-state index in [4.69, 9.17) is 0 Å². The largest absolute Gasteiger partial charge is 0.388 e. The first kappa shape index (κ1) is 11.7. The van der Waals surface area contributed by atoms with Gasteiger partial charge in [0.25, 0.3) is 0 Å². The number of hydrogen-bond acceptors (Lipinski definition) is 1. The highest BCUT2D eigenvalue weighted by molar-refractivity contribution is 9.10. The van der Waals surface area contributed by atoms with Gasteiger partial charge in [-0.1, -0.05) is 41.8 Å². The first-order valence-electron chi connectivity index (χ1n) is 4.78. The number of benzene rings is 1. The monoisotopic (exact) mass is 260 g/mol. The van der Waals surface area contributed by atoms with Gasteiger partial charge in [-0.05, 0) is 18.6 Å². The van der Waals surface area contributed by atoms with Crippen LogP contribution >= 0.6 is 15.9 Å². The molecule has 1 atom stereocenters. The van der Waals surface area contributed by atoms with Crippen molar-refractivity contribution in [3.63, 3.8) is 0 Å². The first-order valence-corrected chi connectivity index (χ1v) is 5.58. The van der Waals surface area contributed by atoms with Gasteiger partial charge in [-0.2, -0.15) is 0 Å². The Morgan fingerprint density at radius 3 is 2.79 bits per heavy atom. The third kappa shape index (κ3) is 2.79. The van der Waals surface area contributed by atoms with Crippen LogP contribution in [0.25, 0.3) is 0 Å². The first-order chi connectivity index (χ1) is 6.66. The molecule has 1 aromatic rings. The van der Waals surface area contributed by atoms with E-state index in [9.17, 15) is 9.50 Å². The lowest BCUT2D eigenvalue weighted by atomic mass is 10.0. The summed E-state index contributed by atoms with van der Waals surface area (Å²) in [6.45, 7) is 2.04. The molecule has 1 rings (SSSR count). The number of hydrogen-bond donors (Lipinski definition) is 1. The topological polar surface area (TPSA) is 20.2 Å². The number of rotatable bonds is 4. The summed E-state index contributed by atoms with van der Waals surface area (Å²) in [6, 6.07) is 4.73. The molecule has 0 spiro atoms. The maximum Gasteiger partial charge on any atom is 0.130 e. The number of aliphatic hydroxyl groups is 1. The summed E-state index contributed by atoms with van der Waals surface area (Å²) >= 11 is 3.24. The van der Waals surface area contributed by atoms with Crippen LogP contribution in [-0.2, 0) is 0 Å². The highest BCUT2D eigenvalue weighted by atomic mass is 79.9. The van der Waals surface area contributed by atoms with E-state index in [-0.39, 0.29) is 5.82 Å². The molecule has 78 valence electrons. The lowest BCUT2D eigenvalue weighted by Gasteiger charge is -2.12. The van der Waals surface area contributed by atoms with Gasteiger partial charge in [0.2, 0.25) is 0 Å². The Morgan fingerprint density at radius 2 is 2.21 bits per heavy atom. The molecule has 1 aromatic carbocycles. The molecule has 0 aliphatic carbocycles. The molecule has 0 aromatic heterocycles. The Kier molecular flexibility index (Phi) is 4.55. The Morgan fingerprint density at radius 1 is 1.50 bits per heavy atom. The Hall–Kier alpha value is -0.410. The average Bonchev–Trinajstić information content (AvgIpc) is 2.14. The second kappa shape index (κ2) is 5.47. The molecular weight excluding hydrogens is 247 g/mol. The molecule has 0 aliphatic heterocycles. The maximum absolute atomic E-state index is 13.3. The van der Waals surface area contributed by atoms with Gasteiger partial charge < -0.3 is 5.11 Å². The minimum atomic E-state index is -0.703. The van der Waals surface area contributed by atoms with Crippen molar-refractivity contribution in [3.8, 4) is 0 Å². The van der Waals surface area contributed by atoms with Crippen molar-refractivity contribution < 1.29 is 9.50 Å². The zero-order chi connectivity index (χ0) is 10.6. The van der Waals surface area contributed by atoms with E-state index in [1.165, 1.54) is 6.07 Å². The fourth-order valence-corrected chi connectivity index (χ4v) is 1.98. The van der Waals surface area contributed by atoms with E-state index in [1.54, 1.807) is 12.1 Å². The average molecular weight is 261 g/mol. The molecule has 0 heterocycles. The van der Waals surface area contributed by atoms with Gasteiger partial charge in [0, 0.05) is 10.0 Å². The second-order valence-corrected chi connectivity index (χ2v) is 4.15. The van der Waals surface area contributed by atoms with E-state index in [0.717, 1.165) is 12.8 Å². The van der Waals surface area contributed by atoms with Crippen LogP contribution in [0.4, 0.5) is 4.39 Å². The molecule has 0 bridgehead atoms. The van der Waals surface area contributed by atoms with Crippen LogP contribution in [0.1, 0.15) is 37.9 Å². The molecule has 14 heavy (non-hydrogen) atoms. The maximum atomic E-state index is 13.3. The minimum absolute atomic E-state index is 0.344. The van der Waals surface area contributed by atoms with Crippen LogP contribution in [0.15, 0.2) is 22.7 Å². The SMILES string of the molecule is CCCCC(O)c1c(F)cccc1Br. The molecule has 1 nitrogen and oxygen atoms in total.